The second-order valence-corrected chi connectivity index (χ2v) is 16.2. The number of benzene rings is 2. The number of hydrogen-bond donors (Lipinski definition) is 6. The van der Waals surface area contributed by atoms with Gasteiger partial charge in [0.15, 0.2) is 5.75 Å². The number of ketones is 1. The Morgan fingerprint density at radius 3 is 2.22 bits per heavy atom. The SMILES string of the molecule is CO[C@H]1/C=C/O[C@@]2(C)Oc3c(C)c(O)c4c(O)c(c(/C=N/N5CCCCCC5)c(O)c4c3C2=O)NC(=O)/C(C)=C\C=C\[C@H](C)[C@H](O)[C@@H](C)[C@@H](O)[C@@H](C)[C@H](OC(C)=O)[C@@H]1C. The molecule has 59 heavy (non-hydrogen) atoms. The number of phenolic OH excluding ortho intramolecular Hbond substituents is 3. The van der Waals surface area contributed by atoms with Crippen molar-refractivity contribution in [3.63, 3.8) is 0 Å². The van der Waals surface area contributed by atoms with Gasteiger partial charge in [-0.05, 0) is 32.8 Å². The molecule has 6 rings (SSSR count). The summed E-state index contributed by atoms with van der Waals surface area (Å²) in [6.45, 7) is 13.9. The first-order chi connectivity index (χ1) is 27.8. The van der Waals surface area contributed by atoms with E-state index in [2.05, 4.69) is 10.4 Å². The Labute approximate surface area is 345 Å². The number of aliphatic hydroxyl groups excluding tert-OH is 2. The minimum atomic E-state index is -2.04. The van der Waals surface area contributed by atoms with Crippen LogP contribution in [-0.4, -0.2) is 105 Å². The first kappa shape index (κ1) is 45.0. The molecule has 4 aliphatic rings. The standard InChI is InChI=1S/C44H59N3O12/c1-22-15-14-16-23(2)43(55)46-34-29(21-45-47-18-12-10-11-13-19-47)38(52)31-32(39(34)53)37(51)27(6)41-33(31)42(54)44(8,59-41)57-20-17-30(56-9)24(3)40(58-28(7)48)26(5)36(50)25(4)35(22)49/h14-17,20-22,24-26,30,35-36,40,49-53H,10-13,18-19H2,1-9H3,(H,46,55)/b15-14+,20-17+,23-16-,45-21+/t22-,24+,25+,26+,30-,35-,36+,40+,44-/m0/s1. The lowest BCUT2D eigenvalue weighted by Gasteiger charge is -2.38. The van der Waals surface area contributed by atoms with E-state index in [1.807, 2.05) is 5.01 Å². The topological polar surface area (TPSA) is 217 Å². The Bertz CT molecular complexity index is 2050. The zero-order chi connectivity index (χ0) is 43.5. The highest BCUT2D eigenvalue weighted by molar-refractivity contribution is 6.23. The number of hydrogen-bond acceptors (Lipinski definition) is 14. The highest BCUT2D eigenvalue weighted by Gasteiger charge is 2.50. The smallest absolute Gasteiger partial charge is 0.312 e. The van der Waals surface area contributed by atoms with Crippen LogP contribution in [0.4, 0.5) is 5.69 Å². The van der Waals surface area contributed by atoms with E-state index in [1.165, 1.54) is 59.4 Å². The lowest BCUT2D eigenvalue weighted by Crippen LogP contribution is -2.46. The van der Waals surface area contributed by atoms with Crippen LogP contribution in [0.2, 0.25) is 0 Å². The van der Waals surface area contributed by atoms with Crippen molar-refractivity contribution in [3.8, 4) is 23.0 Å². The van der Waals surface area contributed by atoms with Crippen molar-refractivity contribution in [1.29, 1.82) is 0 Å². The molecular weight excluding hydrogens is 762 g/mol. The fourth-order valence-corrected chi connectivity index (χ4v) is 8.18. The van der Waals surface area contributed by atoms with Gasteiger partial charge in [-0.1, -0.05) is 58.8 Å². The van der Waals surface area contributed by atoms with Gasteiger partial charge in [-0.2, -0.15) is 5.10 Å². The van der Waals surface area contributed by atoms with Crippen LogP contribution in [0.3, 0.4) is 0 Å². The number of rotatable bonds is 4. The van der Waals surface area contributed by atoms with Crippen LogP contribution in [0.5, 0.6) is 23.0 Å². The van der Waals surface area contributed by atoms with Crippen LogP contribution >= 0.6 is 0 Å². The van der Waals surface area contributed by atoms with Crippen molar-refractivity contribution in [3.05, 3.63) is 52.8 Å². The molecule has 0 saturated carbocycles. The van der Waals surface area contributed by atoms with E-state index in [1.54, 1.807) is 39.8 Å². The Morgan fingerprint density at radius 2 is 1.59 bits per heavy atom. The average Bonchev–Trinajstić information content (AvgIpc) is 3.33. The third-order valence-corrected chi connectivity index (χ3v) is 12.0. The molecule has 1 amide bonds. The number of aliphatic hydroxyl groups is 2. The number of anilines is 1. The molecule has 0 spiro atoms. The Hall–Kier alpha value is -5.12. The minimum Gasteiger partial charge on any atom is -0.507 e. The first-order valence-corrected chi connectivity index (χ1v) is 20.2. The van der Waals surface area contributed by atoms with Crippen molar-refractivity contribution >= 4 is 40.3 Å². The molecule has 1 saturated heterocycles. The van der Waals surface area contributed by atoms with Crippen molar-refractivity contribution in [1.82, 2.24) is 5.01 Å². The average molecular weight is 822 g/mol. The van der Waals surface area contributed by atoms with Crippen LogP contribution < -0.4 is 10.1 Å². The fourth-order valence-electron chi connectivity index (χ4n) is 8.18. The molecule has 0 aliphatic carbocycles. The quantitative estimate of drug-likeness (QED) is 0.0909. The van der Waals surface area contributed by atoms with Crippen LogP contribution in [-0.2, 0) is 23.8 Å². The molecule has 322 valence electrons. The van der Waals surface area contributed by atoms with Gasteiger partial charge >= 0.3 is 11.8 Å². The first-order valence-electron chi connectivity index (χ1n) is 20.2. The number of nitrogens with one attached hydrogen (secondary N) is 1. The summed E-state index contributed by atoms with van der Waals surface area (Å²) in [7, 11) is 1.44. The van der Waals surface area contributed by atoms with E-state index in [-0.39, 0.29) is 44.5 Å². The molecule has 15 heteroatoms. The molecule has 4 aliphatic heterocycles. The summed E-state index contributed by atoms with van der Waals surface area (Å²) in [4.78, 5) is 40.5. The number of methoxy groups -OCH3 is 1. The summed E-state index contributed by atoms with van der Waals surface area (Å²) < 4.78 is 23.6. The lowest BCUT2D eigenvalue weighted by atomic mass is 9.78. The van der Waals surface area contributed by atoms with Gasteiger partial charge in [-0.15, -0.1) is 0 Å². The molecular formula is C44H59N3O12. The van der Waals surface area contributed by atoms with Gasteiger partial charge in [0.2, 0.25) is 0 Å². The normalized spacial score (nSPS) is 31.9. The maximum Gasteiger partial charge on any atom is 0.312 e. The van der Waals surface area contributed by atoms with E-state index < -0.39 is 88.8 Å². The summed E-state index contributed by atoms with van der Waals surface area (Å²) in [5.41, 5.74) is -0.293. The number of Topliss-reactive ketones (excluding diaryl/α,β-unsaturated/α-hetero) is 1. The van der Waals surface area contributed by atoms with Gasteiger partial charge in [0.25, 0.3) is 11.7 Å². The maximum atomic E-state index is 14.4. The number of nitrogens with zero attached hydrogens (tertiary/aromatic N) is 2. The maximum absolute atomic E-state index is 14.4. The molecule has 6 N–H and O–H groups in total. The molecule has 15 nitrogen and oxygen atoms in total. The van der Waals surface area contributed by atoms with Gasteiger partial charge in [0, 0.05) is 74.2 Å². The van der Waals surface area contributed by atoms with Crippen molar-refractivity contribution in [2.75, 3.05) is 25.5 Å². The number of esters is 1. The number of amides is 1. The van der Waals surface area contributed by atoms with Crippen molar-refractivity contribution < 1.29 is 58.9 Å². The highest BCUT2D eigenvalue weighted by atomic mass is 16.7. The predicted octanol–water partition coefficient (Wildman–Crippen LogP) is 5.96. The number of ether oxygens (including phenoxy) is 4. The molecule has 0 radical (unpaired) electrons. The summed E-state index contributed by atoms with van der Waals surface area (Å²) in [5, 5.41) is 67.1. The monoisotopic (exact) mass is 821 g/mol. The predicted molar refractivity (Wildman–Crippen MR) is 221 cm³/mol. The molecule has 0 unspecified atom stereocenters. The van der Waals surface area contributed by atoms with E-state index in [9.17, 15) is 39.9 Å². The van der Waals surface area contributed by atoms with Crippen molar-refractivity contribution in [2.24, 2.45) is 28.8 Å². The Morgan fingerprint density at radius 1 is 0.932 bits per heavy atom. The van der Waals surface area contributed by atoms with Crippen LogP contribution in [0.1, 0.15) is 95.6 Å². The van der Waals surface area contributed by atoms with Crippen LogP contribution in [0.25, 0.3) is 10.8 Å². The number of allylic oxidation sites excluding steroid dienone is 2. The number of carbonyl (C=O) groups excluding carboxylic acids is 3. The molecule has 9 atom stereocenters. The van der Waals surface area contributed by atoms with E-state index in [0.717, 1.165) is 25.7 Å². The Balaban J connectivity index is 1.71. The van der Waals surface area contributed by atoms with Gasteiger partial charge in [0.05, 0.1) is 53.0 Å². The Kier molecular flexibility index (Phi) is 14.0. The van der Waals surface area contributed by atoms with E-state index in [0.29, 0.717) is 13.1 Å². The highest BCUT2D eigenvalue weighted by Crippen LogP contribution is 2.55. The molecule has 5 bridgehead atoms. The second-order valence-electron chi connectivity index (χ2n) is 16.2. The van der Waals surface area contributed by atoms with Gasteiger partial charge in [0.1, 0.15) is 23.4 Å². The van der Waals surface area contributed by atoms with Gasteiger partial charge < -0.3 is 49.8 Å². The largest absolute Gasteiger partial charge is 0.507 e. The molecule has 0 aromatic heterocycles. The summed E-state index contributed by atoms with van der Waals surface area (Å²) in [6.07, 6.45) is 8.81. The molecule has 4 heterocycles. The third-order valence-electron chi connectivity index (χ3n) is 12.0. The number of hydrazone groups is 1. The number of fused-ring (bicyclic) bond motifs is 14. The van der Waals surface area contributed by atoms with Gasteiger partial charge in [-0.25, -0.2) is 0 Å². The summed E-state index contributed by atoms with van der Waals surface area (Å²) in [6, 6.07) is 0. The van der Waals surface area contributed by atoms with Crippen molar-refractivity contribution in [2.45, 2.75) is 111 Å². The fraction of sp³-hybridized carbons (Fsp3) is 0.545. The van der Waals surface area contributed by atoms with E-state index in [4.69, 9.17) is 18.9 Å². The van der Waals surface area contributed by atoms with Gasteiger partial charge in [-0.3, -0.25) is 19.4 Å². The number of aromatic hydroxyl groups is 3. The summed E-state index contributed by atoms with van der Waals surface area (Å²) >= 11 is 0. The van der Waals surface area contributed by atoms with Crippen LogP contribution in [0.15, 0.2) is 41.2 Å². The number of phenols is 3. The second kappa shape index (κ2) is 18.4. The zero-order valence-electron chi connectivity index (χ0n) is 35.3. The number of carbonyl (C=O) groups is 3. The zero-order valence-corrected chi connectivity index (χ0v) is 35.3. The van der Waals surface area contributed by atoms with E-state index >= 15 is 0 Å². The molecule has 2 aromatic carbocycles. The summed E-state index contributed by atoms with van der Waals surface area (Å²) in [5.74, 6) is -8.26. The third kappa shape index (κ3) is 9.07. The van der Waals surface area contributed by atoms with Crippen LogP contribution in [0, 0.1) is 30.6 Å². The molecule has 1 fully saturated rings. The lowest BCUT2D eigenvalue weighted by molar-refractivity contribution is -0.160. The minimum absolute atomic E-state index is 0.0625. The molecule has 2 aromatic rings.